The second-order valence-electron chi connectivity index (χ2n) is 6.12. The van der Waals surface area contributed by atoms with Crippen molar-refractivity contribution < 1.29 is 19.1 Å². The van der Waals surface area contributed by atoms with Crippen molar-refractivity contribution in [1.82, 2.24) is 4.90 Å². The third kappa shape index (κ3) is 4.01. The number of ether oxygens (including phenoxy) is 2. The Bertz CT molecular complexity index is 920. The van der Waals surface area contributed by atoms with Crippen molar-refractivity contribution in [3.05, 3.63) is 53.9 Å². The van der Waals surface area contributed by atoms with E-state index in [1.54, 1.807) is 49.5 Å². The smallest absolute Gasteiger partial charge is 0.247 e. The van der Waals surface area contributed by atoms with Crippen LogP contribution in [0.4, 0.5) is 11.4 Å². The second kappa shape index (κ2) is 7.79. The number of carbonyl (C=O) groups is 2. The van der Waals surface area contributed by atoms with E-state index in [4.69, 9.17) is 16.0 Å². The van der Waals surface area contributed by atoms with Crippen molar-refractivity contribution in [3.63, 3.8) is 0 Å². The Balaban J connectivity index is 1.80. The number of likely N-dealkylation sites (N-methyl/N-ethyl adjacent to an activating group) is 1. The molecule has 2 aromatic rings. The quantitative estimate of drug-likeness (QED) is 0.822. The molecule has 0 spiro atoms. The van der Waals surface area contributed by atoms with Gasteiger partial charge in [-0.2, -0.15) is 0 Å². The molecule has 27 heavy (non-hydrogen) atoms. The first-order valence-electron chi connectivity index (χ1n) is 8.41. The van der Waals surface area contributed by atoms with Crippen LogP contribution in [0.2, 0.25) is 0 Å². The zero-order valence-corrected chi connectivity index (χ0v) is 15.1. The van der Waals surface area contributed by atoms with Crippen LogP contribution in [0.5, 0.6) is 17.2 Å². The number of benzene rings is 2. The maximum atomic E-state index is 12.6. The number of carbonyl (C=O) groups excluding carboxylic acids is 2. The summed E-state index contributed by atoms with van der Waals surface area (Å²) in [5.74, 6) is 1.18. The molecule has 1 heterocycles. The van der Waals surface area contributed by atoms with Gasteiger partial charge in [0.1, 0.15) is 23.3 Å². The number of rotatable bonds is 5. The minimum absolute atomic E-state index is 0.0427. The third-order valence-corrected chi connectivity index (χ3v) is 4.41. The van der Waals surface area contributed by atoms with Gasteiger partial charge < -0.3 is 19.7 Å². The molecule has 1 fully saturated rings. The van der Waals surface area contributed by atoms with Crippen molar-refractivity contribution in [2.45, 2.75) is 18.9 Å². The van der Waals surface area contributed by atoms with Gasteiger partial charge in [-0.1, -0.05) is 12.1 Å². The maximum absolute atomic E-state index is 12.6. The molecule has 0 aromatic heterocycles. The summed E-state index contributed by atoms with van der Waals surface area (Å²) >= 11 is 0. The number of anilines is 1. The molecule has 2 amide bonds. The maximum Gasteiger partial charge on any atom is 0.247 e. The van der Waals surface area contributed by atoms with Crippen LogP contribution in [0.15, 0.2) is 42.5 Å². The molecule has 1 aliphatic rings. The monoisotopic (exact) mass is 365 g/mol. The number of amides is 2. The van der Waals surface area contributed by atoms with E-state index in [1.807, 2.05) is 0 Å². The zero-order chi connectivity index (χ0) is 19.4. The molecule has 7 nitrogen and oxygen atoms in total. The summed E-state index contributed by atoms with van der Waals surface area (Å²) in [6.07, 6.45) is 0.857. The predicted octanol–water partition coefficient (Wildman–Crippen LogP) is 3.60. The lowest BCUT2D eigenvalue weighted by Crippen LogP contribution is -2.38. The highest BCUT2D eigenvalue weighted by Gasteiger charge is 2.33. The van der Waals surface area contributed by atoms with Gasteiger partial charge in [-0.25, -0.2) is 4.85 Å². The Morgan fingerprint density at radius 3 is 2.70 bits per heavy atom. The highest BCUT2D eigenvalue weighted by molar-refractivity contribution is 5.99. The van der Waals surface area contributed by atoms with Crippen LogP contribution in [-0.4, -0.2) is 36.9 Å². The second-order valence-corrected chi connectivity index (χ2v) is 6.12. The molecule has 1 saturated heterocycles. The molecule has 3 rings (SSSR count). The Labute approximate surface area is 157 Å². The van der Waals surface area contributed by atoms with Crippen molar-refractivity contribution in [3.8, 4) is 17.2 Å². The fourth-order valence-electron chi connectivity index (χ4n) is 2.93. The van der Waals surface area contributed by atoms with Crippen molar-refractivity contribution in [2.24, 2.45) is 0 Å². The molecule has 0 bridgehead atoms. The van der Waals surface area contributed by atoms with Gasteiger partial charge in [-0.15, -0.1) is 0 Å². The van der Waals surface area contributed by atoms with Crippen molar-refractivity contribution in [2.75, 3.05) is 19.5 Å². The van der Waals surface area contributed by atoms with Gasteiger partial charge in [0.25, 0.3) is 0 Å². The van der Waals surface area contributed by atoms with E-state index in [1.165, 1.54) is 12.0 Å². The summed E-state index contributed by atoms with van der Waals surface area (Å²) in [7, 11) is 3.14. The molecule has 138 valence electrons. The molecule has 1 atom stereocenters. The predicted molar refractivity (Wildman–Crippen MR) is 100 cm³/mol. The number of nitrogens with one attached hydrogen (secondary N) is 1. The molecule has 2 aromatic carbocycles. The molecule has 1 aliphatic heterocycles. The van der Waals surface area contributed by atoms with Gasteiger partial charge in [-0.05, 0) is 30.7 Å². The van der Waals surface area contributed by atoms with Gasteiger partial charge in [-0.3, -0.25) is 9.59 Å². The molecule has 1 unspecified atom stereocenters. The zero-order valence-electron chi connectivity index (χ0n) is 15.1. The molecule has 0 saturated carbocycles. The lowest BCUT2D eigenvalue weighted by Gasteiger charge is -2.20. The van der Waals surface area contributed by atoms with E-state index in [9.17, 15) is 9.59 Å². The van der Waals surface area contributed by atoms with Crippen LogP contribution in [0.3, 0.4) is 0 Å². The van der Waals surface area contributed by atoms with E-state index < -0.39 is 6.04 Å². The van der Waals surface area contributed by atoms with Crippen molar-refractivity contribution >= 4 is 23.2 Å². The summed E-state index contributed by atoms with van der Waals surface area (Å²) < 4.78 is 11.1. The lowest BCUT2D eigenvalue weighted by atomic mass is 10.2. The fourth-order valence-corrected chi connectivity index (χ4v) is 2.93. The van der Waals surface area contributed by atoms with Crippen LogP contribution in [0, 0.1) is 6.57 Å². The molecule has 0 aliphatic carbocycles. The number of hydrogen-bond donors (Lipinski definition) is 1. The topological polar surface area (TPSA) is 72.2 Å². The van der Waals surface area contributed by atoms with Gasteiger partial charge in [0.05, 0.1) is 19.4 Å². The SMILES string of the molecule is [C-]#[N+]c1cccc(Oc2ccc(OC)c(NC(=O)C3CCC(=O)N3C)c2)c1. The summed E-state index contributed by atoms with van der Waals surface area (Å²) in [5, 5.41) is 2.82. The number of nitrogens with zero attached hydrogens (tertiary/aromatic N) is 2. The van der Waals surface area contributed by atoms with Crippen molar-refractivity contribution in [1.29, 1.82) is 0 Å². The number of likely N-dealkylation sites (tertiary alicyclic amines) is 1. The molecule has 7 heteroatoms. The fraction of sp³-hybridized carbons (Fsp3) is 0.250. The average Bonchev–Trinajstić information content (AvgIpc) is 3.01. The first kappa shape index (κ1) is 18.3. The minimum Gasteiger partial charge on any atom is -0.495 e. The lowest BCUT2D eigenvalue weighted by molar-refractivity contribution is -0.131. The standard InChI is InChI=1S/C20H19N3O4/c1-21-13-5-4-6-14(11-13)27-15-7-9-18(26-3)16(12-15)22-20(25)17-8-10-19(24)23(17)2/h4-7,9,11-12,17H,8,10H2,2-3H3,(H,22,25). The molecular weight excluding hydrogens is 346 g/mol. The van der Waals surface area contributed by atoms with Crippen LogP contribution in [0.1, 0.15) is 12.8 Å². The third-order valence-electron chi connectivity index (χ3n) is 4.41. The number of methoxy groups -OCH3 is 1. The summed E-state index contributed by atoms with van der Waals surface area (Å²) in [6, 6.07) is 11.4. The molecule has 0 radical (unpaired) electrons. The number of hydrogen-bond acceptors (Lipinski definition) is 4. The summed E-state index contributed by atoms with van der Waals surface area (Å²) in [4.78, 5) is 29.0. The van der Waals surface area contributed by atoms with Crippen LogP contribution in [-0.2, 0) is 9.59 Å². The minimum atomic E-state index is -0.498. The largest absolute Gasteiger partial charge is 0.495 e. The Kier molecular flexibility index (Phi) is 5.27. The van der Waals surface area contributed by atoms with Gasteiger partial charge in [0.2, 0.25) is 11.8 Å². The van der Waals surface area contributed by atoms with Crippen LogP contribution < -0.4 is 14.8 Å². The normalized spacial score (nSPS) is 16.0. The summed E-state index contributed by atoms with van der Waals surface area (Å²) in [6.45, 7) is 7.07. The van der Waals surface area contributed by atoms with E-state index in [0.717, 1.165) is 0 Å². The van der Waals surface area contributed by atoms with E-state index >= 15 is 0 Å². The average molecular weight is 365 g/mol. The van der Waals surface area contributed by atoms with Crippen LogP contribution >= 0.6 is 0 Å². The Morgan fingerprint density at radius 2 is 2.04 bits per heavy atom. The van der Waals surface area contributed by atoms with Gasteiger partial charge >= 0.3 is 0 Å². The van der Waals surface area contributed by atoms with Gasteiger partial charge in [0, 0.05) is 19.5 Å². The van der Waals surface area contributed by atoms with E-state index in [0.29, 0.717) is 41.5 Å². The highest BCUT2D eigenvalue weighted by atomic mass is 16.5. The highest BCUT2D eigenvalue weighted by Crippen LogP contribution is 2.33. The Morgan fingerprint density at radius 1 is 1.26 bits per heavy atom. The molecule has 1 N–H and O–H groups in total. The first-order valence-corrected chi connectivity index (χ1v) is 8.41. The van der Waals surface area contributed by atoms with E-state index in [-0.39, 0.29) is 11.8 Å². The van der Waals surface area contributed by atoms with Gasteiger partial charge in [0.15, 0.2) is 5.69 Å². The Hall–Kier alpha value is -3.53. The van der Waals surface area contributed by atoms with E-state index in [2.05, 4.69) is 10.2 Å². The summed E-state index contributed by atoms with van der Waals surface area (Å²) in [5.41, 5.74) is 0.928. The first-order chi connectivity index (χ1) is 13.0. The van der Waals surface area contributed by atoms with Crippen LogP contribution in [0.25, 0.3) is 4.85 Å². The molecular formula is C20H19N3O4.